The van der Waals surface area contributed by atoms with Crippen molar-refractivity contribution in [2.45, 2.75) is 32.7 Å². The number of benzene rings is 1. The molecule has 3 N–H and O–H groups in total. The molecule has 1 saturated heterocycles. The van der Waals surface area contributed by atoms with E-state index in [0.717, 1.165) is 24.9 Å². The van der Waals surface area contributed by atoms with Crippen molar-refractivity contribution in [3.63, 3.8) is 0 Å². The van der Waals surface area contributed by atoms with Gasteiger partial charge < -0.3 is 20.7 Å². The highest BCUT2D eigenvalue weighted by molar-refractivity contribution is 5.94. The van der Waals surface area contributed by atoms with Crippen LogP contribution >= 0.6 is 0 Å². The van der Waals surface area contributed by atoms with E-state index in [1.807, 2.05) is 25.1 Å². The van der Waals surface area contributed by atoms with Crippen LogP contribution in [0.5, 0.6) is 11.5 Å². The molecule has 28 heavy (non-hydrogen) atoms. The Hall–Kier alpha value is -2.93. The molecule has 0 radical (unpaired) electrons. The molecule has 2 amide bonds. The number of aromatic nitrogens is 1. The Balaban J connectivity index is 1.79. The maximum Gasteiger partial charge on any atom is 0.269 e. The maximum absolute atomic E-state index is 12.7. The molecule has 148 valence electrons. The first-order valence-corrected chi connectivity index (χ1v) is 9.47. The second-order valence-electron chi connectivity index (χ2n) is 7.12. The van der Waals surface area contributed by atoms with Crippen LogP contribution in [0.25, 0.3) is 0 Å². The molecule has 0 aliphatic carbocycles. The minimum Gasteiger partial charge on any atom is -0.455 e. The van der Waals surface area contributed by atoms with Gasteiger partial charge in [0.15, 0.2) is 5.75 Å². The van der Waals surface area contributed by atoms with Crippen LogP contribution < -0.4 is 20.7 Å². The van der Waals surface area contributed by atoms with Crippen molar-refractivity contribution in [1.82, 2.24) is 15.6 Å². The summed E-state index contributed by atoms with van der Waals surface area (Å²) in [4.78, 5) is 28.6. The Labute approximate surface area is 164 Å². The highest BCUT2D eigenvalue weighted by Gasteiger charge is 2.25. The fraction of sp³-hybridized carbons (Fsp3) is 0.381. The minimum atomic E-state index is -0.289. The molecule has 2 aromatic rings. The second-order valence-corrected chi connectivity index (χ2v) is 7.12. The smallest absolute Gasteiger partial charge is 0.269 e. The Morgan fingerprint density at radius 3 is 2.82 bits per heavy atom. The number of pyridine rings is 1. The van der Waals surface area contributed by atoms with Crippen molar-refractivity contribution < 1.29 is 14.3 Å². The van der Waals surface area contributed by atoms with Gasteiger partial charge in [0.25, 0.3) is 5.91 Å². The van der Waals surface area contributed by atoms with E-state index in [2.05, 4.69) is 27.9 Å². The van der Waals surface area contributed by atoms with E-state index < -0.39 is 0 Å². The lowest BCUT2D eigenvalue weighted by atomic mass is 9.92. The molecule has 7 heteroatoms. The molecule has 1 aromatic heterocycles. The Morgan fingerprint density at radius 1 is 1.25 bits per heavy atom. The summed E-state index contributed by atoms with van der Waals surface area (Å²) in [5.74, 6) is 0.701. The van der Waals surface area contributed by atoms with Gasteiger partial charge in [-0.2, -0.15) is 0 Å². The van der Waals surface area contributed by atoms with Gasteiger partial charge in [-0.15, -0.1) is 0 Å². The van der Waals surface area contributed by atoms with E-state index in [0.29, 0.717) is 23.2 Å². The number of hydrogen-bond donors (Lipinski definition) is 3. The first-order valence-electron chi connectivity index (χ1n) is 9.47. The summed E-state index contributed by atoms with van der Waals surface area (Å²) in [6.07, 6.45) is 3.15. The predicted molar refractivity (Wildman–Crippen MR) is 108 cm³/mol. The Kier molecular flexibility index (Phi) is 6.26. The number of ether oxygens (including phenoxy) is 1. The molecular weight excluding hydrogens is 356 g/mol. The summed E-state index contributed by atoms with van der Waals surface area (Å²) in [6.45, 7) is 4.89. The summed E-state index contributed by atoms with van der Waals surface area (Å²) in [5, 5.41) is 8.91. The van der Waals surface area contributed by atoms with Crippen LogP contribution in [0.1, 0.15) is 35.8 Å². The molecule has 1 fully saturated rings. The summed E-state index contributed by atoms with van der Waals surface area (Å²) < 4.78 is 5.99. The molecule has 1 aliphatic heterocycles. The average molecular weight is 382 g/mol. The summed E-state index contributed by atoms with van der Waals surface area (Å²) >= 11 is 0. The number of amides is 2. The number of hydrogen-bond acceptors (Lipinski definition) is 5. The number of nitrogens with one attached hydrogen (secondary N) is 3. The van der Waals surface area contributed by atoms with Gasteiger partial charge in [-0.1, -0.05) is 6.07 Å². The Bertz CT molecular complexity index is 868. The zero-order valence-electron chi connectivity index (χ0n) is 16.4. The lowest BCUT2D eigenvalue weighted by Crippen LogP contribution is -2.40. The van der Waals surface area contributed by atoms with E-state index in [9.17, 15) is 9.59 Å². The van der Waals surface area contributed by atoms with E-state index in [4.69, 9.17) is 4.74 Å². The molecule has 2 heterocycles. The van der Waals surface area contributed by atoms with Crippen molar-refractivity contribution >= 4 is 17.5 Å². The van der Waals surface area contributed by atoms with Crippen LogP contribution in [-0.4, -0.2) is 36.4 Å². The molecule has 7 nitrogen and oxygen atoms in total. The molecule has 3 rings (SSSR count). The normalized spacial score (nSPS) is 19.0. The zero-order chi connectivity index (χ0) is 20.1. The van der Waals surface area contributed by atoms with Crippen molar-refractivity contribution in [2.24, 2.45) is 5.92 Å². The third-order valence-corrected chi connectivity index (χ3v) is 4.81. The summed E-state index contributed by atoms with van der Waals surface area (Å²) in [5.41, 5.74) is 1.88. The van der Waals surface area contributed by atoms with Crippen LogP contribution in [0, 0.1) is 12.8 Å². The van der Waals surface area contributed by atoms with E-state index >= 15 is 0 Å². The monoisotopic (exact) mass is 382 g/mol. The topological polar surface area (TPSA) is 92.4 Å². The second kappa shape index (κ2) is 8.84. The third kappa shape index (κ3) is 4.86. The number of nitrogens with zero attached hydrogens (tertiary/aromatic N) is 1. The number of carbonyl (C=O) groups excluding carboxylic acids is 2. The SMILES string of the molecule is CNC(=O)c1cc(Oc2cc(C)ccc2NC(=O)[C@H]2CCN[C@@H](C)C2)ccn1. The number of piperidine rings is 1. The number of anilines is 1. The van der Waals surface area contributed by atoms with Crippen LogP contribution in [0.15, 0.2) is 36.5 Å². The first kappa shape index (κ1) is 19.8. The van der Waals surface area contributed by atoms with Crippen LogP contribution in [0.3, 0.4) is 0 Å². The number of rotatable bonds is 5. The number of aryl methyl sites for hydroxylation is 1. The Morgan fingerprint density at radius 2 is 2.07 bits per heavy atom. The number of carbonyl (C=O) groups is 2. The lowest BCUT2D eigenvalue weighted by molar-refractivity contribution is -0.120. The van der Waals surface area contributed by atoms with Crippen molar-refractivity contribution in [1.29, 1.82) is 0 Å². The van der Waals surface area contributed by atoms with Gasteiger partial charge in [0.05, 0.1) is 5.69 Å². The third-order valence-electron chi connectivity index (χ3n) is 4.81. The molecule has 0 unspecified atom stereocenters. The van der Waals surface area contributed by atoms with E-state index in [1.54, 1.807) is 19.2 Å². The van der Waals surface area contributed by atoms with Crippen LogP contribution in [0.2, 0.25) is 0 Å². The summed E-state index contributed by atoms with van der Waals surface area (Å²) in [6, 6.07) is 9.21. The van der Waals surface area contributed by atoms with Gasteiger partial charge >= 0.3 is 0 Å². The average Bonchev–Trinajstić information content (AvgIpc) is 2.69. The largest absolute Gasteiger partial charge is 0.455 e. The van der Waals surface area contributed by atoms with Gasteiger partial charge in [-0.25, -0.2) is 0 Å². The molecule has 1 aliphatic rings. The van der Waals surface area contributed by atoms with Gasteiger partial charge in [-0.05, 0) is 57.0 Å². The highest BCUT2D eigenvalue weighted by Crippen LogP contribution is 2.31. The van der Waals surface area contributed by atoms with Crippen molar-refractivity contribution in [2.75, 3.05) is 18.9 Å². The van der Waals surface area contributed by atoms with Gasteiger partial charge in [-0.3, -0.25) is 14.6 Å². The van der Waals surface area contributed by atoms with Crippen molar-refractivity contribution in [3.05, 3.63) is 47.8 Å². The highest BCUT2D eigenvalue weighted by atomic mass is 16.5. The standard InChI is InChI=1S/C21H26N4O3/c1-13-4-5-17(25-20(26)15-6-8-23-14(2)11-15)19(10-13)28-16-7-9-24-18(12-16)21(27)22-3/h4-5,7,9-10,12,14-15,23H,6,8,11H2,1-3H3,(H,22,27)(H,25,26)/t14-,15-/m0/s1. The van der Waals surface area contributed by atoms with Crippen molar-refractivity contribution in [3.8, 4) is 11.5 Å². The molecule has 2 atom stereocenters. The molecule has 1 aromatic carbocycles. The zero-order valence-corrected chi connectivity index (χ0v) is 16.4. The molecular formula is C21H26N4O3. The summed E-state index contributed by atoms with van der Waals surface area (Å²) in [7, 11) is 1.55. The van der Waals surface area contributed by atoms with Gasteiger partial charge in [0, 0.05) is 31.3 Å². The quantitative estimate of drug-likeness (QED) is 0.740. The molecule has 0 spiro atoms. The van der Waals surface area contributed by atoms with Crippen LogP contribution in [-0.2, 0) is 4.79 Å². The fourth-order valence-electron chi connectivity index (χ4n) is 3.28. The molecule has 0 saturated carbocycles. The molecule has 0 bridgehead atoms. The van der Waals surface area contributed by atoms with E-state index in [-0.39, 0.29) is 23.4 Å². The van der Waals surface area contributed by atoms with Crippen LogP contribution in [0.4, 0.5) is 5.69 Å². The lowest BCUT2D eigenvalue weighted by Gasteiger charge is -2.27. The minimum absolute atomic E-state index is 0.00262. The first-order chi connectivity index (χ1) is 13.5. The van der Waals surface area contributed by atoms with Gasteiger partial charge in [0.2, 0.25) is 5.91 Å². The maximum atomic E-state index is 12.7. The fourth-order valence-corrected chi connectivity index (χ4v) is 3.28. The van der Waals surface area contributed by atoms with E-state index in [1.165, 1.54) is 6.20 Å². The predicted octanol–water partition coefficient (Wildman–Crippen LogP) is 2.87. The van der Waals surface area contributed by atoms with Gasteiger partial charge in [0.1, 0.15) is 11.4 Å².